The van der Waals surface area contributed by atoms with Crippen LogP contribution in [-0.4, -0.2) is 12.1 Å². The molecule has 100 valence electrons. The smallest absolute Gasteiger partial charge is 0.119 e. The number of rotatable bonds is 6. The third-order valence-corrected chi connectivity index (χ3v) is 3.59. The zero-order valence-corrected chi connectivity index (χ0v) is 11.9. The first-order valence-corrected chi connectivity index (χ1v) is 7.09. The molecule has 1 saturated carbocycles. The zero-order valence-electron chi connectivity index (χ0n) is 11.9. The van der Waals surface area contributed by atoms with Gasteiger partial charge in [-0.15, -0.1) is 0 Å². The average molecular weight is 247 g/mol. The Kier molecular flexibility index (Phi) is 4.28. The first-order chi connectivity index (χ1) is 8.56. The second-order valence-electron chi connectivity index (χ2n) is 5.75. The second kappa shape index (κ2) is 5.75. The number of benzene rings is 1. The van der Waals surface area contributed by atoms with E-state index < -0.39 is 0 Å². The van der Waals surface area contributed by atoms with Gasteiger partial charge in [-0.2, -0.15) is 0 Å². The van der Waals surface area contributed by atoms with Crippen molar-refractivity contribution in [1.82, 2.24) is 5.32 Å². The van der Waals surface area contributed by atoms with Crippen molar-refractivity contribution in [2.45, 2.75) is 58.7 Å². The van der Waals surface area contributed by atoms with Crippen LogP contribution in [0.4, 0.5) is 0 Å². The first-order valence-electron chi connectivity index (χ1n) is 7.09. The van der Waals surface area contributed by atoms with Gasteiger partial charge >= 0.3 is 0 Å². The van der Waals surface area contributed by atoms with Crippen LogP contribution in [0.1, 0.15) is 52.1 Å². The summed E-state index contributed by atoms with van der Waals surface area (Å²) in [5.41, 5.74) is 1.33. The van der Waals surface area contributed by atoms with Crippen LogP contribution in [-0.2, 0) is 0 Å². The summed E-state index contributed by atoms with van der Waals surface area (Å²) in [7, 11) is 0. The van der Waals surface area contributed by atoms with Crippen molar-refractivity contribution in [3.8, 4) is 5.75 Å². The minimum atomic E-state index is 0.237. The quantitative estimate of drug-likeness (QED) is 0.822. The largest absolute Gasteiger partial charge is 0.491 e. The molecule has 1 fully saturated rings. The number of hydrogen-bond donors (Lipinski definition) is 1. The fourth-order valence-corrected chi connectivity index (χ4v) is 2.33. The molecule has 0 radical (unpaired) electrons. The van der Waals surface area contributed by atoms with E-state index in [1.54, 1.807) is 0 Å². The fourth-order valence-electron chi connectivity index (χ4n) is 2.33. The van der Waals surface area contributed by atoms with Crippen LogP contribution in [0.2, 0.25) is 0 Å². The Labute approximate surface area is 111 Å². The van der Waals surface area contributed by atoms with Gasteiger partial charge in [0.05, 0.1) is 6.10 Å². The van der Waals surface area contributed by atoms with E-state index in [0.29, 0.717) is 12.1 Å². The normalized spacial score (nSPS) is 18.7. The molecule has 0 aromatic heterocycles. The van der Waals surface area contributed by atoms with E-state index in [0.717, 1.165) is 11.7 Å². The molecule has 1 aliphatic rings. The molecule has 2 unspecified atom stereocenters. The van der Waals surface area contributed by atoms with Crippen LogP contribution in [0.3, 0.4) is 0 Å². The highest BCUT2D eigenvalue weighted by Gasteiger charge is 2.28. The summed E-state index contributed by atoms with van der Waals surface area (Å²) in [6.07, 6.45) is 3.02. The van der Waals surface area contributed by atoms with E-state index in [1.165, 1.54) is 18.4 Å². The lowest BCUT2D eigenvalue weighted by Crippen LogP contribution is -2.30. The maximum atomic E-state index is 5.66. The van der Waals surface area contributed by atoms with Gasteiger partial charge in [0.25, 0.3) is 0 Å². The molecule has 1 aliphatic carbocycles. The minimum Gasteiger partial charge on any atom is -0.491 e. The van der Waals surface area contributed by atoms with E-state index in [2.05, 4.69) is 57.3 Å². The molecule has 2 atom stereocenters. The van der Waals surface area contributed by atoms with E-state index in [4.69, 9.17) is 4.74 Å². The second-order valence-corrected chi connectivity index (χ2v) is 5.75. The lowest BCUT2D eigenvalue weighted by atomic mass is 10.1. The Hall–Kier alpha value is -1.02. The lowest BCUT2D eigenvalue weighted by Gasteiger charge is -2.20. The standard InChI is InChI=1S/C16H25NO/c1-11(2)18-16-9-7-15(8-10-16)13(4)17-12(3)14-5-6-14/h7-14,17H,5-6H2,1-4H3. The van der Waals surface area contributed by atoms with E-state index in [-0.39, 0.29) is 6.10 Å². The van der Waals surface area contributed by atoms with Crippen LogP contribution in [0.5, 0.6) is 5.75 Å². The number of ether oxygens (including phenoxy) is 1. The van der Waals surface area contributed by atoms with Crippen molar-refractivity contribution in [2.24, 2.45) is 5.92 Å². The van der Waals surface area contributed by atoms with Gasteiger partial charge in [-0.05, 0) is 64.2 Å². The summed E-state index contributed by atoms with van der Waals surface area (Å²) >= 11 is 0. The Morgan fingerprint density at radius 3 is 2.17 bits per heavy atom. The van der Waals surface area contributed by atoms with E-state index in [1.807, 2.05) is 0 Å². The minimum absolute atomic E-state index is 0.237. The summed E-state index contributed by atoms with van der Waals surface area (Å²) in [6, 6.07) is 9.49. The third kappa shape index (κ3) is 3.74. The van der Waals surface area contributed by atoms with Crippen LogP contribution in [0, 0.1) is 5.92 Å². The van der Waals surface area contributed by atoms with Crippen molar-refractivity contribution in [1.29, 1.82) is 0 Å². The molecule has 0 heterocycles. The highest BCUT2D eigenvalue weighted by molar-refractivity contribution is 5.29. The monoisotopic (exact) mass is 247 g/mol. The van der Waals surface area contributed by atoms with Crippen LogP contribution in [0.15, 0.2) is 24.3 Å². The van der Waals surface area contributed by atoms with E-state index >= 15 is 0 Å². The van der Waals surface area contributed by atoms with Gasteiger partial charge in [0.1, 0.15) is 5.75 Å². The molecular weight excluding hydrogens is 222 g/mol. The summed E-state index contributed by atoms with van der Waals surface area (Å²) in [6.45, 7) is 8.63. The lowest BCUT2D eigenvalue weighted by molar-refractivity contribution is 0.242. The van der Waals surface area contributed by atoms with Crippen molar-refractivity contribution in [2.75, 3.05) is 0 Å². The summed E-state index contributed by atoms with van der Waals surface area (Å²) in [5.74, 6) is 1.85. The van der Waals surface area contributed by atoms with Gasteiger partial charge in [0.15, 0.2) is 0 Å². The molecular formula is C16H25NO. The SMILES string of the molecule is CC(C)Oc1ccc(C(C)NC(C)C2CC2)cc1. The average Bonchev–Trinajstić information content (AvgIpc) is 3.12. The van der Waals surface area contributed by atoms with Crippen molar-refractivity contribution in [3.05, 3.63) is 29.8 Å². The number of nitrogens with one attached hydrogen (secondary N) is 1. The van der Waals surface area contributed by atoms with Crippen LogP contribution >= 0.6 is 0 Å². The van der Waals surface area contributed by atoms with Crippen molar-refractivity contribution >= 4 is 0 Å². The predicted octanol–water partition coefficient (Wildman–Crippen LogP) is 3.92. The third-order valence-electron chi connectivity index (χ3n) is 3.59. The first kappa shape index (κ1) is 13.4. The highest BCUT2D eigenvalue weighted by Crippen LogP contribution is 2.33. The molecule has 1 aromatic rings. The maximum absolute atomic E-state index is 5.66. The summed E-state index contributed by atoms with van der Waals surface area (Å²) < 4.78 is 5.66. The maximum Gasteiger partial charge on any atom is 0.119 e. The molecule has 2 heteroatoms. The highest BCUT2D eigenvalue weighted by atomic mass is 16.5. The van der Waals surface area contributed by atoms with Crippen molar-refractivity contribution < 1.29 is 4.74 Å². The van der Waals surface area contributed by atoms with Crippen LogP contribution < -0.4 is 10.1 Å². The predicted molar refractivity (Wildman–Crippen MR) is 75.9 cm³/mol. The zero-order chi connectivity index (χ0) is 13.1. The molecule has 0 aliphatic heterocycles. The van der Waals surface area contributed by atoms with Gasteiger partial charge in [-0.25, -0.2) is 0 Å². The summed E-state index contributed by atoms with van der Waals surface area (Å²) in [5, 5.41) is 3.68. The topological polar surface area (TPSA) is 21.3 Å². The Balaban J connectivity index is 1.91. The van der Waals surface area contributed by atoms with Gasteiger partial charge in [0.2, 0.25) is 0 Å². The Morgan fingerprint density at radius 1 is 1.06 bits per heavy atom. The Bertz CT molecular complexity index is 367. The van der Waals surface area contributed by atoms with Gasteiger partial charge in [-0.3, -0.25) is 0 Å². The molecule has 0 amide bonds. The molecule has 1 aromatic carbocycles. The molecule has 0 saturated heterocycles. The molecule has 1 N–H and O–H groups in total. The van der Waals surface area contributed by atoms with Gasteiger partial charge in [-0.1, -0.05) is 12.1 Å². The number of hydrogen-bond acceptors (Lipinski definition) is 2. The van der Waals surface area contributed by atoms with Gasteiger partial charge < -0.3 is 10.1 Å². The van der Waals surface area contributed by atoms with Crippen LogP contribution in [0.25, 0.3) is 0 Å². The van der Waals surface area contributed by atoms with E-state index in [9.17, 15) is 0 Å². The van der Waals surface area contributed by atoms with Crippen molar-refractivity contribution in [3.63, 3.8) is 0 Å². The fraction of sp³-hybridized carbons (Fsp3) is 0.625. The Morgan fingerprint density at radius 2 is 1.67 bits per heavy atom. The molecule has 2 rings (SSSR count). The molecule has 2 nitrogen and oxygen atoms in total. The molecule has 0 bridgehead atoms. The van der Waals surface area contributed by atoms with Gasteiger partial charge in [0, 0.05) is 12.1 Å². The summed E-state index contributed by atoms with van der Waals surface area (Å²) in [4.78, 5) is 0. The molecule has 0 spiro atoms. The molecule has 18 heavy (non-hydrogen) atoms.